The molecule has 1 aliphatic carbocycles. The number of carbonyl (C=O) groups is 2. The molecule has 1 aliphatic heterocycles. The smallest absolute Gasteiger partial charge is 0.338 e. The van der Waals surface area contributed by atoms with Crippen molar-refractivity contribution in [3.8, 4) is 0 Å². The zero-order valence-corrected chi connectivity index (χ0v) is 15.2. The Morgan fingerprint density at radius 3 is 2.48 bits per heavy atom. The van der Waals surface area contributed by atoms with Crippen molar-refractivity contribution < 1.29 is 14.3 Å². The van der Waals surface area contributed by atoms with Gasteiger partial charge in [-0.1, -0.05) is 54.6 Å². The van der Waals surface area contributed by atoms with Crippen molar-refractivity contribution in [1.82, 2.24) is 4.90 Å². The number of amides is 1. The number of carbonyl (C=O) groups excluding carboxylic acids is 2. The Bertz CT molecular complexity index is 844. The number of rotatable bonds is 4. The van der Waals surface area contributed by atoms with Crippen molar-refractivity contribution in [1.29, 1.82) is 0 Å². The van der Waals surface area contributed by atoms with E-state index in [0.29, 0.717) is 24.9 Å². The molecule has 0 bridgehead atoms. The summed E-state index contributed by atoms with van der Waals surface area (Å²) in [5, 5.41) is 0. The lowest BCUT2D eigenvalue weighted by molar-refractivity contribution is -0.133. The van der Waals surface area contributed by atoms with Crippen LogP contribution >= 0.6 is 0 Å². The van der Waals surface area contributed by atoms with Crippen LogP contribution in [0.25, 0.3) is 0 Å². The van der Waals surface area contributed by atoms with Crippen LogP contribution in [0.2, 0.25) is 0 Å². The van der Waals surface area contributed by atoms with E-state index >= 15 is 0 Å². The van der Waals surface area contributed by atoms with Gasteiger partial charge >= 0.3 is 5.97 Å². The number of fused-ring (bicyclic) bond motifs is 1. The SMILES string of the molecule is O=C(OC1CC=C2C(CCC(=O)N2Cc2ccccc2)C1)c1ccccc1. The number of benzene rings is 2. The van der Waals surface area contributed by atoms with Crippen molar-refractivity contribution in [2.45, 2.75) is 38.3 Å². The van der Waals surface area contributed by atoms with Crippen LogP contribution in [0.4, 0.5) is 0 Å². The maximum absolute atomic E-state index is 12.5. The average molecular weight is 361 g/mol. The first kappa shape index (κ1) is 17.5. The summed E-state index contributed by atoms with van der Waals surface area (Å²) in [6.07, 6.45) is 4.78. The number of hydrogen-bond donors (Lipinski definition) is 0. The molecule has 2 aliphatic rings. The summed E-state index contributed by atoms with van der Waals surface area (Å²) in [4.78, 5) is 26.7. The van der Waals surface area contributed by atoms with E-state index in [1.165, 1.54) is 0 Å². The van der Waals surface area contributed by atoms with Gasteiger partial charge in [0.25, 0.3) is 0 Å². The molecule has 4 heteroatoms. The van der Waals surface area contributed by atoms with Gasteiger partial charge in [0.15, 0.2) is 0 Å². The fourth-order valence-corrected chi connectivity index (χ4v) is 3.96. The number of ether oxygens (including phenoxy) is 1. The third-order valence-corrected chi connectivity index (χ3v) is 5.34. The fourth-order valence-electron chi connectivity index (χ4n) is 3.96. The Labute approximate surface area is 159 Å². The minimum absolute atomic E-state index is 0.127. The van der Waals surface area contributed by atoms with Gasteiger partial charge in [-0.15, -0.1) is 0 Å². The Balaban J connectivity index is 1.46. The summed E-state index contributed by atoms with van der Waals surface area (Å²) >= 11 is 0. The number of allylic oxidation sites excluding steroid dienone is 1. The fraction of sp³-hybridized carbons (Fsp3) is 0.304. The molecule has 1 heterocycles. The lowest BCUT2D eigenvalue weighted by Gasteiger charge is -2.39. The van der Waals surface area contributed by atoms with Crippen LogP contribution in [-0.2, 0) is 16.1 Å². The Hall–Kier alpha value is -2.88. The quantitative estimate of drug-likeness (QED) is 0.762. The average Bonchev–Trinajstić information content (AvgIpc) is 2.71. The van der Waals surface area contributed by atoms with Crippen LogP contribution in [0.1, 0.15) is 41.6 Å². The molecule has 1 saturated heterocycles. The van der Waals surface area contributed by atoms with Crippen LogP contribution in [0.15, 0.2) is 72.4 Å². The summed E-state index contributed by atoms with van der Waals surface area (Å²) in [6.45, 7) is 0.608. The topological polar surface area (TPSA) is 46.6 Å². The minimum Gasteiger partial charge on any atom is -0.458 e. The molecule has 0 spiro atoms. The second kappa shape index (κ2) is 7.78. The molecule has 0 N–H and O–H groups in total. The molecular formula is C23H23NO3. The molecule has 0 aromatic heterocycles. The van der Waals surface area contributed by atoms with Gasteiger partial charge in [0.1, 0.15) is 6.10 Å². The standard InChI is InChI=1S/C23H23NO3/c25-22-14-11-19-15-20(27-23(26)18-9-5-2-6-10-18)12-13-21(19)24(22)16-17-7-3-1-4-8-17/h1-10,13,19-20H,11-12,14-16H2. The molecule has 4 nitrogen and oxygen atoms in total. The van der Waals surface area contributed by atoms with Crippen molar-refractivity contribution in [3.05, 3.63) is 83.6 Å². The first-order valence-corrected chi connectivity index (χ1v) is 9.51. The summed E-state index contributed by atoms with van der Waals surface area (Å²) < 4.78 is 5.72. The van der Waals surface area contributed by atoms with E-state index in [1.807, 2.05) is 53.4 Å². The van der Waals surface area contributed by atoms with E-state index < -0.39 is 0 Å². The van der Waals surface area contributed by atoms with Gasteiger partial charge in [0, 0.05) is 24.5 Å². The van der Waals surface area contributed by atoms with E-state index in [9.17, 15) is 9.59 Å². The van der Waals surface area contributed by atoms with Crippen molar-refractivity contribution >= 4 is 11.9 Å². The number of piperidine rings is 1. The zero-order chi connectivity index (χ0) is 18.6. The van der Waals surface area contributed by atoms with E-state index in [2.05, 4.69) is 6.08 Å². The number of esters is 1. The van der Waals surface area contributed by atoms with Gasteiger partial charge in [-0.2, -0.15) is 0 Å². The molecule has 4 rings (SSSR count). The molecule has 2 aromatic carbocycles. The first-order chi connectivity index (χ1) is 13.2. The zero-order valence-electron chi connectivity index (χ0n) is 15.2. The molecule has 1 fully saturated rings. The van der Waals surface area contributed by atoms with Crippen LogP contribution < -0.4 is 0 Å². The minimum atomic E-state index is -0.273. The van der Waals surface area contributed by atoms with Crippen molar-refractivity contribution in [2.75, 3.05) is 0 Å². The van der Waals surface area contributed by atoms with Crippen LogP contribution in [0.5, 0.6) is 0 Å². The van der Waals surface area contributed by atoms with Crippen LogP contribution in [-0.4, -0.2) is 22.9 Å². The van der Waals surface area contributed by atoms with E-state index in [0.717, 1.165) is 24.1 Å². The predicted octanol–water partition coefficient (Wildman–Crippen LogP) is 4.33. The highest BCUT2D eigenvalue weighted by Gasteiger charge is 2.35. The Kier molecular flexibility index (Phi) is 5.05. The van der Waals surface area contributed by atoms with Crippen LogP contribution in [0.3, 0.4) is 0 Å². The number of likely N-dealkylation sites (tertiary alicyclic amines) is 1. The van der Waals surface area contributed by atoms with Gasteiger partial charge in [0.05, 0.1) is 12.1 Å². The highest BCUT2D eigenvalue weighted by atomic mass is 16.5. The molecule has 2 aromatic rings. The molecule has 0 radical (unpaired) electrons. The summed E-state index contributed by atoms with van der Waals surface area (Å²) in [5.41, 5.74) is 2.81. The second-order valence-corrected chi connectivity index (χ2v) is 7.19. The molecule has 0 saturated carbocycles. The predicted molar refractivity (Wildman–Crippen MR) is 103 cm³/mol. The summed E-state index contributed by atoms with van der Waals surface area (Å²) in [5.74, 6) is 0.181. The Morgan fingerprint density at radius 2 is 1.74 bits per heavy atom. The van der Waals surface area contributed by atoms with E-state index in [1.54, 1.807) is 12.1 Å². The summed E-state index contributed by atoms with van der Waals surface area (Å²) in [6, 6.07) is 19.2. The maximum atomic E-state index is 12.5. The lowest BCUT2D eigenvalue weighted by Crippen LogP contribution is -2.41. The van der Waals surface area contributed by atoms with E-state index in [-0.39, 0.29) is 23.9 Å². The normalized spacial score (nSPS) is 22.0. The highest BCUT2D eigenvalue weighted by molar-refractivity contribution is 5.89. The van der Waals surface area contributed by atoms with Gasteiger partial charge in [-0.25, -0.2) is 4.79 Å². The van der Waals surface area contributed by atoms with Crippen molar-refractivity contribution in [3.63, 3.8) is 0 Å². The molecule has 27 heavy (non-hydrogen) atoms. The maximum Gasteiger partial charge on any atom is 0.338 e. The number of hydrogen-bond acceptors (Lipinski definition) is 3. The van der Waals surface area contributed by atoms with Gasteiger partial charge in [-0.05, 0) is 30.5 Å². The third-order valence-electron chi connectivity index (χ3n) is 5.34. The summed E-state index contributed by atoms with van der Waals surface area (Å²) in [7, 11) is 0. The number of nitrogens with zero attached hydrogens (tertiary/aromatic N) is 1. The highest BCUT2D eigenvalue weighted by Crippen LogP contribution is 2.37. The molecule has 1 amide bonds. The monoisotopic (exact) mass is 361 g/mol. The first-order valence-electron chi connectivity index (χ1n) is 9.51. The Morgan fingerprint density at radius 1 is 1.04 bits per heavy atom. The van der Waals surface area contributed by atoms with Crippen LogP contribution in [0, 0.1) is 5.92 Å². The molecule has 2 atom stereocenters. The van der Waals surface area contributed by atoms with Gasteiger partial charge < -0.3 is 9.64 Å². The second-order valence-electron chi connectivity index (χ2n) is 7.19. The third kappa shape index (κ3) is 3.95. The molecule has 2 unspecified atom stereocenters. The van der Waals surface area contributed by atoms with Gasteiger partial charge in [-0.3, -0.25) is 4.79 Å². The van der Waals surface area contributed by atoms with E-state index in [4.69, 9.17) is 4.74 Å². The largest absolute Gasteiger partial charge is 0.458 e. The van der Waals surface area contributed by atoms with Gasteiger partial charge in [0.2, 0.25) is 5.91 Å². The molecular weight excluding hydrogens is 338 g/mol. The van der Waals surface area contributed by atoms with Crippen molar-refractivity contribution in [2.24, 2.45) is 5.92 Å². The lowest BCUT2D eigenvalue weighted by atomic mass is 9.83. The molecule has 138 valence electrons.